The lowest BCUT2D eigenvalue weighted by atomic mass is 9.67. The molecule has 0 aliphatic heterocycles. The van der Waals surface area contributed by atoms with Gasteiger partial charge in [-0.05, 0) is 56.6 Å². The zero-order valence-electron chi connectivity index (χ0n) is 31.5. The second kappa shape index (κ2) is 13.8. The van der Waals surface area contributed by atoms with Crippen LogP contribution >= 0.6 is 0 Å². The highest BCUT2D eigenvalue weighted by atomic mass is 16.3. The van der Waals surface area contributed by atoms with Gasteiger partial charge in [-0.2, -0.15) is 0 Å². The van der Waals surface area contributed by atoms with E-state index in [2.05, 4.69) is 188 Å². The van der Waals surface area contributed by atoms with E-state index in [1.165, 1.54) is 27.8 Å². The summed E-state index contributed by atoms with van der Waals surface area (Å²) in [6.45, 7) is 0. The van der Waals surface area contributed by atoms with E-state index in [1.807, 2.05) is 24.3 Å². The van der Waals surface area contributed by atoms with Gasteiger partial charge in [0.2, 0.25) is 0 Å². The second-order valence-electron chi connectivity index (χ2n) is 14.7. The zero-order valence-corrected chi connectivity index (χ0v) is 31.5. The molecule has 8 aromatic carbocycles. The lowest BCUT2D eigenvalue weighted by Gasteiger charge is -2.33. The third-order valence-electron chi connectivity index (χ3n) is 11.5. The van der Waals surface area contributed by atoms with E-state index in [0.29, 0.717) is 17.5 Å². The highest BCUT2D eigenvalue weighted by Crippen LogP contribution is 2.58. The molecule has 0 unspecified atom stereocenters. The Hall–Kier alpha value is -7.69. The van der Waals surface area contributed by atoms with E-state index in [0.717, 1.165) is 55.7 Å². The van der Waals surface area contributed by atoms with Gasteiger partial charge in [0.15, 0.2) is 17.5 Å². The molecule has 0 amide bonds. The van der Waals surface area contributed by atoms with Crippen molar-refractivity contribution in [2.75, 3.05) is 0 Å². The highest BCUT2D eigenvalue weighted by molar-refractivity contribution is 5.94. The van der Waals surface area contributed by atoms with Crippen molar-refractivity contribution >= 4 is 11.0 Å². The molecule has 4 heteroatoms. The SMILES string of the molecule is c1ccc(-c2ccc(-c3nc(-c4ccc(-c5cc6ccccc6o5)cc4)nc(-c4cccc5c4-c4ccccc4C5(c4ccccc4)c4ccccc4)n3)cc2)cc1. The Balaban J connectivity index is 1.11. The molecule has 0 N–H and O–H groups in total. The predicted octanol–water partition coefficient (Wildman–Crippen LogP) is 13.3. The highest BCUT2D eigenvalue weighted by Gasteiger charge is 2.47. The molecule has 11 rings (SSSR count). The Labute approximate surface area is 336 Å². The van der Waals surface area contributed by atoms with Gasteiger partial charge < -0.3 is 4.42 Å². The van der Waals surface area contributed by atoms with Crippen LogP contribution in [0.1, 0.15) is 22.3 Å². The molecule has 58 heavy (non-hydrogen) atoms. The van der Waals surface area contributed by atoms with Gasteiger partial charge in [0.1, 0.15) is 11.3 Å². The van der Waals surface area contributed by atoms with Crippen LogP contribution in [0.25, 0.3) is 78.7 Å². The molecule has 0 atom stereocenters. The number of aromatic nitrogens is 3. The van der Waals surface area contributed by atoms with Crippen molar-refractivity contribution in [2.45, 2.75) is 5.41 Å². The van der Waals surface area contributed by atoms with Crippen molar-refractivity contribution in [3.8, 4) is 67.7 Å². The molecular weight excluding hydrogens is 707 g/mol. The Kier molecular flexibility index (Phi) is 8.00. The molecular formula is C54H35N3O. The fourth-order valence-corrected chi connectivity index (χ4v) is 8.78. The first-order valence-electron chi connectivity index (χ1n) is 19.6. The maximum absolute atomic E-state index is 6.21. The van der Waals surface area contributed by atoms with E-state index < -0.39 is 5.41 Å². The second-order valence-corrected chi connectivity index (χ2v) is 14.7. The average molecular weight is 742 g/mol. The molecule has 272 valence electrons. The van der Waals surface area contributed by atoms with E-state index in [9.17, 15) is 0 Å². The monoisotopic (exact) mass is 741 g/mol. The van der Waals surface area contributed by atoms with Crippen molar-refractivity contribution in [3.63, 3.8) is 0 Å². The molecule has 0 spiro atoms. The van der Waals surface area contributed by atoms with Crippen LogP contribution in [0.15, 0.2) is 217 Å². The van der Waals surface area contributed by atoms with Crippen LogP contribution in [0.3, 0.4) is 0 Å². The predicted molar refractivity (Wildman–Crippen MR) is 234 cm³/mol. The summed E-state index contributed by atoms with van der Waals surface area (Å²) in [5, 5.41) is 1.08. The van der Waals surface area contributed by atoms with Crippen LogP contribution in [-0.2, 0) is 5.41 Å². The standard InChI is InChI=1S/C54H35N3O/c1-4-15-36(16-5-1)37-27-31-39(32-28-37)51-55-52(40-33-29-38(30-34-40)49-35-41-17-10-13-26-48(41)58-49)57-53(56-51)45-23-14-25-47-50(45)44-22-11-12-24-46(44)54(47,42-18-6-2-7-19-42)43-20-8-3-9-21-43/h1-35H. The summed E-state index contributed by atoms with van der Waals surface area (Å²) in [5.41, 5.74) is 13.6. The van der Waals surface area contributed by atoms with Gasteiger partial charge in [0.05, 0.1) is 5.41 Å². The van der Waals surface area contributed by atoms with E-state index in [1.54, 1.807) is 0 Å². The van der Waals surface area contributed by atoms with Gasteiger partial charge in [-0.15, -0.1) is 0 Å². The van der Waals surface area contributed by atoms with Gasteiger partial charge in [-0.25, -0.2) is 15.0 Å². The van der Waals surface area contributed by atoms with Crippen LogP contribution in [-0.4, -0.2) is 15.0 Å². The fourth-order valence-electron chi connectivity index (χ4n) is 8.78. The first-order valence-corrected chi connectivity index (χ1v) is 19.6. The Morgan fingerprint density at radius 2 is 0.828 bits per heavy atom. The Morgan fingerprint density at radius 3 is 1.48 bits per heavy atom. The number of para-hydroxylation sites is 1. The molecule has 4 nitrogen and oxygen atoms in total. The van der Waals surface area contributed by atoms with Crippen LogP contribution < -0.4 is 0 Å². The summed E-state index contributed by atoms with van der Waals surface area (Å²) < 4.78 is 6.21. The van der Waals surface area contributed by atoms with Gasteiger partial charge >= 0.3 is 0 Å². The number of benzene rings is 8. The molecule has 10 aromatic rings. The minimum Gasteiger partial charge on any atom is -0.456 e. The quantitative estimate of drug-likeness (QED) is 0.163. The normalized spacial score (nSPS) is 12.6. The van der Waals surface area contributed by atoms with Crippen molar-refractivity contribution in [1.82, 2.24) is 15.0 Å². The number of fused-ring (bicyclic) bond motifs is 4. The molecule has 0 radical (unpaired) electrons. The Morgan fingerprint density at radius 1 is 0.345 bits per heavy atom. The molecule has 2 aromatic heterocycles. The molecule has 1 aliphatic rings. The zero-order chi connectivity index (χ0) is 38.5. The largest absolute Gasteiger partial charge is 0.456 e. The van der Waals surface area contributed by atoms with Crippen LogP contribution in [0.2, 0.25) is 0 Å². The first-order chi connectivity index (χ1) is 28.7. The van der Waals surface area contributed by atoms with Crippen LogP contribution in [0, 0.1) is 0 Å². The number of hydrogen-bond acceptors (Lipinski definition) is 4. The topological polar surface area (TPSA) is 51.8 Å². The molecule has 1 aliphatic carbocycles. The third kappa shape index (κ3) is 5.49. The molecule has 0 saturated carbocycles. The number of furan rings is 1. The molecule has 2 heterocycles. The molecule has 0 fully saturated rings. The summed E-state index contributed by atoms with van der Waals surface area (Å²) in [6.07, 6.45) is 0. The summed E-state index contributed by atoms with van der Waals surface area (Å²) in [5.74, 6) is 2.66. The number of hydrogen-bond donors (Lipinski definition) is 0. The van der Waals surface area contributed by atoms with Crippen LogP contribution in [0.5, 0.6) is 0 Å². The lowest BCUT2D eigenvalue weighted by molar-refractivity contribution is 0.631. The van der Waals surface area contributed by atoms with E-state index in [-0.39, 0.29) is 0 Å². The molecule has 0 bridgehead atoms. The lowest BCUT2D eigenvalue weighted by Crippen LogP contribution is -2.28. The van der Waals surface area contributed by atoms with Crippen molar-refractivity contribution in [3.05, 3.63) is 235 Å². The van der Waals surface area contributed by atoms with Gasteiger partial charge in [-0.3, -0.25) is 0 Å². The van der Waals surface area contributed by atoms with E-state index >= 15 is 0 Å². The fraction of sp³-hybridized carbons (Fsp3) is 0.0185. The third-order valence-corrected chi connectivity index (χ3v) is 11.5. The minimum atomic E-state index is -0.539. The maximum atomic E-state index is 6.21. The van der Waals surface area contributed by atoms with Gasteiger partial charge in [-0.1, -0.05) is 200 Å². The van der Waals surface area contributed by atoms with Crippen molar-refractivity contribution < 1.29 is 4.42 Å². The minimum absolute atomic E-state index is 0.539. The summed E-state index contributed by atoms with van der Waals surface area (Å²) in [7, 11) is 0. The van der Waals surface area contributed by atoms with E-state index in [4.69, 9.17) is 19.4 Å². The number of rotatable bonds is 7. The smallest absolute Gasteiger partial charge is 0.164 e. The van der Waals surface area contributed by atoms with Crippen molar-refractivity contribution in [1.29, 1.82) is 0 Å². The molecule has 0 saturated heterocycles. The van der Waals surface area contributed by atoms with Crippen LogP contribution in [0.4, 0.5) is 0 Å². The number of nitrogens with zero attached hydrogens (tertiary/aromatic N) is 3. The summed E-state index contributed by atoms with van der Waals surface area (Å²) in [4.78, 5) is 15.8. The average Bonchev–Trinajstić information content (AvgIpc) is 3.88. The summed E-state index contributed by atoms with van der Waals surface area (Å²) in [6, 6.07) is 74.5. The van der Waals surface area contributed by atoms with Crippen molar-refractivity contribution in [2.24, 2.45) is 0 Å². The maximum Gasteiger partial charge on any atom is 0.164 e. The Bertz CT molecular complexity index is 3010. The first kappa shape index (κ1) is 33.6. The summed E-state index contributed by atoms with van der Waals surface area (Å²) >= 11 is 0. The van der Waals surface area contributed by atoms with Gasteiger partial charge in [0.25, 0.3) is 0 Å². The van der Waals surface area contributed by atoms with Gasteiger partial charge in [0, 0.05) is 27.6 Å².